The molecule has 1 atom stereocenters. The van der Waals surface area contributed by atoms with Gasteiger partial charge in [-0.15, -0.1) is 4.91 Å². The van der Waals surface area contributed by atoms with Crippen LogP contribution in [0.3, 0.4) is 0 Å². The summed E-state index contributed by atoms with van der Waals surface area (Å²) in [5, 5.41) is 2.38. The molecule has 0 spiro atoms. The Hall–Kier alpha value is -0.600. The first-order valence-electron chi connectivity index (χ1n) is 4.29. The number of rotatable bonds is 7. The van der Waals surface area contributed by atoms with Gasteiger partial charge in [0, 0.05) is 0 Å². The quantitative estimate of drug-likeness (QED) is 0.423. The van der Waals surface area contributed by atoms with E-state index in [0.717, 1.165) is 12.8 Å². The van der Waals surface area contributed by atoms with Crippen molar-refractivity contribution in [3.8, 4) is 0 Å². The summed E-state index contributed by atoms with van der Waals surface area (Å²) in [6.45, 7) is 4.75. The highest BCUT2D eigenvalue weighted by Crippen LogP contribution is 2.12. The van der Waals surface area contributed by atoms with Crippen LogP contribution >= 0.6 is 0 Å². The standard InChI is InChI=1S/C8H17NO2/c1-3-5-6-8(4-2)7-11-9-10/h8H,3-7H2,1-2H3. The number of nitrogens with zero attached hydrogens (tertiary/aromatic N) is 1. The SMILES string of the molecule is CCCCC(CC)CON=O. The van der Waals surface area contributed by atoms with Crippen LogP contribution in [-0.4, -0.2) is 6.61 Å². The average molecular weight is 159 g/mol. The van der Waals surface area contributed by atoms with Gasteiger partial charge in [-0.3, -0.25) is 0 Å². The highest BCUT2D eigenvalue weighted by atomic mass is 16.7. The number of hydrogen-bond acceptors (Lipinski definition) is 3. The van der Waals surface area contributed by atoms with Crippen LogP contribution < -0.4 is 0 Å². The molecule has 0 aromatic heterocycles. The van der Waals surface area contributed by atoms with Crippen LogP contribution in [0, 0.1) is 10.8 Å². The van der Waals surface area contributed by atoms with Gasteiger partial charge in [-0.1, -0.05) is 26.7 Å². The van der Waals surface area contributed by atoms with Gasteiger partial charge in [0.1, 0.15) is 6.61 Å². The first-order chi connectivity index (χ1) is 5.35. The van der Waals surface area contributed by atoms with Crippen LogP contribution in [0.5, 0.6) is 0 Å². The van der Waals surface area contributed by atoms with Crippen LogP contribution in [0.25, 0.3) is 0 Å². The molecule has 0 amide bonds. The molecule has 1 unspecified atom stereocenters. The van der Waals surface area contributed by atoms with Crippen molar-refractivity contribution in [2.75, 3.05) is 6.61 Å². The lowest BCUT2D eigenvalue weighted by atomic mass is 10.0. The minimum Gasteiger partial charge on any atom is -0.364 e. The third kappa shape index (κ3) is 5.83. The smallest absolute Gasteiger partial charge is 0.155 e. The van der Waals surface area contributed by atoms with Crippen molar-refractivity contribution < 1.29 is 4.84 Å². The lowest BCUT2D eigenvalue weighted by molar-refractivity contribution is 0.0972. The van der Waals surface area contributed by atoms with Crippen molar-refractivity contribution in [1.29, 1.82) is 0 Å². The minimum absolute atomic E-state index is 0.486. The molecule has 0 saturated carbocycles. The van der Waals surface area contributed by atoms with E-state index in [1.807, 2.05) is 0 Å². The predicted octanol–water partition coefficient (Wildman–Crippen LogP) is 2.90. The second-order valence-corrected chi connectivity index (χ2v) is 2.79. The van der Waals surface area contributed by atoms with Gasteiger partial charge in [0.2, 0.25) is 0 Å². The fourth-order valence-corrected chi connectivity index (χ4v) is 1.03. The van der Waals surface area contributed by atoms with E-state index in [4.69, 9.17) is 0 Å². The summed E-state index contributed by atoms with van der Waals surface area (Å²) in [6, 6.07) is 0. The molecule has 0 bridgehead atoms. The molecule has 0 fully saturated rings. The zero-order chi connectivity index (χ0) is 8.53. The molecule has 0 N–H and O–H groups in total. The monoisotopic (exact) mass is 159 g/mol. The Labute approximate surface area is 68.1 Å². The van der Waals surface area contributed by atoms with Crippen molar-refractivity contribution in [1.82, 2.24) is 0 Å². The largest absolute Gasteiger partial charge is 0.364 e. The van der Waals surface area contributed by atoms with Crippen molar-refractivity contribution in [2.45, 2.75) is 39.5 Å². The number of unbranched alkanes of at least 4 members (excludes halogenated alkanes) is 1. The van der Waals surface area contributed by atoms with Gasteiger partial charge < -0.3 is 4.84 Å². The van der Waals surface area contributed by atoms with Crippen LogP contribution in [0.2, 0.25) is 0 Å². The summed E-state index contributed by atoms with van der Waals surface area (Å²) >= 11 is 0. The molecule has 66 valence electrons. The van der Waals surface area contributed by atoms with Crippen LogP contribution in [0.1, 0.15) is 39.5 Å². The first kappa shape index (κ1) is 10.4. The minimum atomic E-state index is 0.486. The lowest BCUT2D eigenvalue weighted by Crippen LogP contribution is -2.05. The fraction of sp³-hybridized carbons (Fsp3) is 1.00. The van der Waals surface area contributed by atoms with Gasteiger partial charge in [-0.25, -0.2) is 0 Å². The third-order valence-corrected chi connectivity index (χ3v) is 1.91. The second kappa shape index (κ2) is 7.51. The summed E-state index contributed by atoms with van der Waals surface area (Å²) in [6.07, 6.45) is 4.61. The van der Waals surface area contributed by atoms with Gasteiger partial charge >= 0.3 is 0 Å². The highest BCUT2D eigenvalue weighted by Gasteiger charge is 2.05. The number of hydrogen-bond donors (Lipinski definition) is 0. The van der Waals surface area contributed by atoms with Gasteiger partial charge in [0.05, 0.1) is 0 Å². The van der Waals surface area contributed by atoms with E-state index in [0.29, 0.717) is 12.5 Å². The van der Waals surface area contributed by atoms with Gasteiger partial charge in [0.25, 0.3) is 0 Å². The zero-order valence-corrected chi connectivity index (χ0v) is 7.38. The molecule has 0 aromatic carbocycles. The Kier molecular flexibility index (Phi) is 7.10. The van der Waals surface area contributed by atoms with E-state index in [9.17, 15) is 4.91 Å². The van der Waals surface area contributed by atoms with Crippen molar-refractivity contribution in [3.63, 3.8) is 0 Å². The van der Waals surface area contributed by atoms with E-state index in [1.54, 1.807) is 0 Å². The molecular weight excluding hydrogens is 142 g/mol. The lowest BCUT2D eigenvalue weighted by Gasteiger charge is -2.10. The molecule has 0 aliphatic rings. The zero-order valence-electron chi connectivity index (χ0n) is 7.38. The van der Waals surface area contributed by atoms with Crippen molar-refractivity contribution in [3.05, 3.63) is 4.91 Å². The summed E-state index contributed by atoms with van der Waals surface area (Å²) in [7, 11) is 0. The first-order valence-corrected chi connectivity index (χ1v) is 4.29. The van der Waals surface area contributed by atoms with E-state index in [1.165, 1.54) is 12.8 Å². The Morgan fingerprint density at radius 2 is 2.18 bits per heavy atom. The molecular formula is C8H17NO2. The topological polar surface area (TPSA) is 38.7 Å². The molecule has 0 heterocycles. The van der Waals surface area contributed by atoms with Crippen molar-refractivity contribution in [2.24, 2.45) is 11.3 Å². The normalized spacial score (nSPS) is 12.5. The Morgan fingerprint density at radius 3 is 2.64 bits per heavy atom. The van der Waals surface area contributed by atoms with E-state index in [-0.39, 0.29) is 0 Å². The summed E-state index contributed by atoms with van der Waals surface area (Å²) in [5.74, 6) is 0.507. The third-order valence-electron chi connectivity index (χ3n) is 1.91. The van der Waals surface area contributed by atoms with Crippen LogP contribution in [0.15, 0.2) is 5.34 Å². The van der Waals surface area contributed by atoms with Crippen LogP contribution in [-0.2, 0) is 4.84 Å². The van der Waals surface area contributed by atoms with Crippen LogP contribution in [0.4, 0.5) is 0 Å². The average Bonchev–Trinajstić information content (AvgIpc) is 2.05. The summed E-state index contributed by atoms with van der Waals surface area (Å²) in [5.41, 5.74) is 0. The maximum Gasteiger partial charge on any atom is 0.155 e. The molecule has 11 heavy (non-hydrogen) atoms. The molecule has 0 radical (unpaired) electrons. The Balaban J connectivity index is 3.32. The summed E-state index contributed by atoms with van der Waals surface area (Å²) < 4.78 is 0. The molecule has 0 rings (SSSR count). The molecule has 0 aliphatic carbocycles. The molecule has 3 heteroatoms. The maximum atomic E-state index is 9.63. The molecule has 0 aromatic rings. The molecule has 0 saturated heterocycles. The van der Waals surface area contributed by atoms with Gasteiger partial charge in [-0.2, -0.15) is 0 Å². The second-order valence-electron chi connectivity index (χ2n) is 2.79. The fourth-order valence-electron chi connectivity index (χ4n) is 1.03. The van der Waals surface area contributed by atoms with E-state index < -0.39 is 0 Å². The highest BCUT2D eigenvalue weighted by molar-refractivity contribution is 4.54. The predicted molar refractivity (Wildman–Crippen MR) is 45.1 cm³/mol. The van der Waals surface area contributed by atoms with Gasteiger partial charge in [-0.05, 0) is 18.8 Å². The maximum absolute atomic E-state index is 9.63. The Morgan fingerprint density at radius 1 is 1.45 bits per heavy atom. The van der Waals surface area contributed by atoms with E-state index >= 15 is 0 Å². The molecule has 3 nitrogen and oxygen atoms in total. The molecule has 0 aliphatic heterocycles. The van der Waals surface area contributed by atoms with Gasteiger partial charge in [0.15, 0.2) is 5.34 Å². The van der Waals surface area contributed by atoms with Crippen molar-refractivity contribution >= 4 is 0 Å². The van der Waals surface area contributed by atoms with E-state index in [2.05, 4.69) is 24.0 Å². The Bertz CT molecular complexity index is 96.1. The summed E-state index contributed by atoms with van der Waals surface area (Å²) in [4.78, 5) is 14.1.